The molecule has 7 heteroatoms. The van der Waals surface area contributed by atoms with Crippen molar-refractivity contribution in [2.45, 2.75) is 31.8 Å². The largest absolute Gasteiger partial charge is 0.497 e. The molecule has 2 N–H and O–H groups in total. The number of aliphatic carboxylic acids is 1. The zero-order valence-corrected chi connectivity index (χ0v) is 20.4. The number of hydrogen-bond acceptors (Lipinski definition) is 5. The summed E-state index contributed by atoms with van der Waals surface area (Å²) < 4.78 is 18.4. The van der Waals surface area contributed by atoms with E-state index in [1.807, 2.05) is 24.3 Å². The van der Waals surface area contributed by atoms with E-state index >= 15 is 0 Å². The first-order valence-corrected chi connectivity index (χ1v) is 12.2. The number of likely N-dealkylation sites (tertiary alicyclic amines) is 1. The number of carboxylic acids is 1. The van der Waals surface area contributed by atoms with Crippen LogP contribution in [0.2, 0.25) is 0 Å². The maximum atomic E-state index is 13.1. The molecule has 3 atom stereocenters. The van der Waals surface area contributed by atoms with E-state index in [9.17, 15) is 19.4 Å². The van der Waals surface area contributed by atoms with Crippen LogP contribution >= 0.6 is 0 Å². The lowest BCUT2D eigenvalue weighted by atomic mass is 9.79. The number of aliphatic hydroxyl groups excluding tert-OH is 1. The zero-order valence-electron chi connectivity index (χ0n) is 20.4. The van der Waals surface area contributed by atoms with Gasteiger partial charge in [0.1, 0.15) is 11.6 Å². The molecule has 6 nitrogen and oxygen atoms in total. The van der Waals surface area contributed by atoms with Crippen molar-refractivity contribution in [2.24, 2.45) is 11.8 Å². The number of ether oxygens (including phenoxy) is 1. The fourth-order valence-electron chi connectivity index (χ4n) is 5.01. The topological polar surface area (TPSA) is 82.9 Å². The number of rotatable bonds is 8. The van der Waals surface area contributed by atoms with E-state index in [4.69, 9.17) is 4.74 Å². The summed E-state index contributed by atoms with van der Waals surface area (Å²) in [4.78, 5) is 18.1. The number of aliphatic hydroxyl groups is 1. The van der Waals surface area contributed by atoms with Crippen LogP contribution in [0.5, 0.6) is 5.75 Å². The lowest BCUT2D eigenvalue weighted by Gasteiger charge is -2.37. The van der Waals surface area contributed by atoms with Crippen LogP contribution in [0, 0.1) is 29.5 Å². The first-order chi connectivity index (χ1) is 17.4. The number of hydrogen-bond donors (Lipinski definition) is 2. The third-order valence-corrected chi connectivity index (χ3v) is 6.94. The normalized spacial score (nSPS) is 18.9. The second-order valence-electron chi connectivity index (χ2n) is 9.33. The molecule has 0 radical (unpaired) electrons. The molecule has 0 aliphatic carbocycles. The summed E-state index contributed by atoms with van der Waals surface area (Å²) in [6.45, 7) is 2.01. The number of piperidine rings is 1. The SMILES string of the molecule is COc1ccc2nccc(C(O)CC[C@@H]3CCN(CC#Cc4ccc(F)cc4)C[C@@H]3CC(=O)O)c2c1. The van der Waals surface area contributed by atoms with Crippen LogP contribution in [0.4, 0.5) is 4.39 Å². The molecule has 3 aromatic rings. The minimum absolute atomic E-state index is 0.00894. The van der Waals surface area contributed by atoms with Gasteiger partial charge in [0, 0.05) is 30.1 Å². The van der Waals surface area contributed by atoms with Gasteiger partial charge in [-0.05, 0) is 91.7 Å². The van der Waals surface area contributed by atoms with Gasteiger partial charge in [-0.15, -0.1) is 0 Å². The van der Waals surface area contributed by atoms with E-state index < -0.39 is 12.1 Å². The lowest BCUT2D eigenvalue weighted by Crippen LogP contribution is -2.41. The molecule has 0 saturated carbocycles. The average Bonchev–Trinajstić information content (AvgIpc) is 2.88. The fraction of sp³-hybridized carbons (Fsp3) is 0.379. The molecular formula is C29H31FN2O4. The van der Waals surface area contributed by atoms with E-state index in [1.54, 1.807) is 25.4 Å². The standard InChI is InChI=1S/C29H31FN2O4/c1-36-24-9-10-27-26(18-24)25(12-14-31-27)28(33)11-6-21-13-16-32(19-22(21)17-29(34)35)15-2-3-20-4-7-23(30)8-5-20/h4-5,7-10,12,14,18,21-22,28,33H,6,11,13,15-17,19H2,1H3,(H,34,35)/t21-,22+,28?/m1/s1. The summed E-state index contributed by atoms with van der Waals surface area (Å²) in [6, 6.07) is 13.5. The average molecular weight is 491 g/mol. The summed E-state index contributed by atoms with van der Waals surface area (Å²) in [7, 11) is 1.61. The molecule has 0 bridgehead atoms. The minimum Gasteiger partial charge on any atom is -0.497 e. The van der Waals surface area contributed by atoms with Crippen molar-refractivity contribution in [1.82, 2.24) is 9.88 Å². The Hall–Kier alpha value is -3.47. The monoisotopic (exact) mass is 490 g/mol. The summed E-state index contributed by atoms with van der Waals surface area (Å²) in [5, 5.41) is 21.4. The Morgan fingerprint density at radius 2 is 2.03 bits per heavy atom. The van der Waals surface area contributed by atoms with Gasteiger partial charge in [-0.1, -0.05) is 11.8 Å². The van der Waals surface area contributed by atoms with Crippen LogP contribution < -0.4 is 4.74 Å². The highest BCUT2D eigenvalue weighted by atomic mass is 19.1. The van der Waals surface area contributed by atoms with Crippen LogP contribution in [0.15, 0.2) is 54.7 Å². The highest BCUT2D eigenvalue weighted by Crippen LogP contribution is 2.34. The highest BCUT2D eigenvalue weighted by molar-refractivity contribution is 5.83. The Bertz CT molecular complexity index is 1250. The fourth-order valence-corrected chi connectivity index (χ4v) is 5.01. The first kappa shape index (κ1) is 25.6. The van der Waals surface area contributed by atoms with Gasteiger partial charge in [0.05, 0.1) is 25.3 Å². The van der Waals surface area contributed by atoms with Crippen molar-refractivity contribution >= 4 is 16.9 Å². The predicted molar refractivity (Wildman–Crippen MR) is 136 cm³/mol. The zero-order chi connectivity index (χ0) is 25.5. The minimum atomic E-state index is -0.808. The Morgan fingerprint density at radius 1 is 1.22 bits per heavy atom. The quantitative estimate of drug-likeness (QED) is 0.447. The second kappa shape index (κ2) is 12.0. The van der Waals surface area contributed by atoms with E-state index in [1.165, 1.54) is 12.1 Å². The number of aromatic nitrogens is 1. The third-order valence-electron chi connectivity index (χ3n) is 6.94. The van der Waals surface area contributed by atoms with Gasteiger partial charge in [-0.2, -0.15) is 0 Å². The van der Waals surface area contributed by atoms with Crippen LogP contribution in [-0.4, -0.2) is 52.8 Å². The van der Waals surface area contributed by atoms with E-state index in [2.05, 4.69) is 21.7 Å². The van der Waals surface area contributed by atoms with E-state index in [0.29, 0.717) is 25.3 Å². The number of halogens is 1. The van der Waals surface area contributed by atoms with Gasteiger partial charge in [0.15, 0.2) is 0 Å². The molecule has 2 heterocycles. The molecule has 1 fully saturated rings. The van der Waals surface area contributed by atoms with Crippen molar-refractivity contribution in [3.05, 3.63) is 71.7 Å². The van der Waals surface area contributed by atoms with Crippen molar-refractivity contribution < 1.29 is 24.1 Å². The lowest BCUT2D eigenvalue weighted by molar-refractivity contribution is -0.139. The number of methoxy groups -OCH3 is 1. The number of nitrogens with zero attached hydrogens (tertiary/aromatic N) is 2. The van der Waals surface area contributed by atoms with Crippen molar-refractivity contribution in [3.8, 4) is 17.6 Å². The van der Waals surface area contributed by atoms with Gasteiger partial charge in [-0.25, -0.2) is 4.39 Å². The smallest absolute Gasteiger partial charge is 0.303 e. The molecule has 36 heavy (non-hydrogen) atoms. The van der Waals surface area contributed by atoms with Gasteiger partial charge in [-0.3, -0.25) is 14.7 Å². The predicted octanol–water partition coefficient (Wildman–Crippen LogP) is 4.66. The molecule has 4 rings (SSSR count). The summed E-state index contributed by atoms with van der Waals surface area (Å²) in [6.07, 6.45) is 3.26. The molecule has 1 aromatic heterocycles. The summed E-state index contributed by atoms with van der Waals surface area (Å²) in [5.41, 5.74) is 2.36. The molecular weight excluding hydrogens is 459 g/mol. The van der Waals surface area contributed by atoms with Crippen molar-refractivity contribution in [3.63, 3.8) is 0 Å². The van der Waals surface area contributed by atoms with Gasteiger partial charge in [0.2, 0.25) is 0 Å². The second-order valence-corrected chi connectivity index (χ2v) is 9.33. The Labute approximate surface area is 210 Å². The van der Waals surface area contributed by atoms with Gasteiger partial charge in [0.25, 0.3) is 0 Å². The van der Waals surface area contributed by atoms with E-state index in [-0.39, 0.29) is 24.1 Å². The molecule has 188 valence electrons. The molecule has 0 amide bonds. The summed E-state index contributed by atoms with van der Waals surface area (Å²) in [5.74, 6) is 5.98. The number of carbonyl (C=O) groups is 1. The van der Waals surface area contributed by atoms with Crippen LogP contribution in [0.25, 0.3) is 10.9 Å². The molecule has 1 unspecified atom stereocenters. The van der Waals surface area contributed by atoms with Crippen LogP contribution in [0.1, 0.15) is 42.9 Å². The number of pyridine rings is 1. The highest BCUT2D eigenvalue weighted by Gasteiger charge is 2.31. The van der Waals surface area contributed by atoms with Crippen LogP contribution in [-0.2, 0) is 4.79 Å². The number of carboxylic acid groups (broad SMARTS) is 1. The van der Waals surface area contributed by atoms with Crippen molar-refractivity contribution in [1.29, 1.82) is 0 Å². The maximum absolute atomic E-state index is 13.1. The molecule has 0 spiro atoms. The van der Waals surface area contributed by atoms with Crippen molar-refractivity contribution in [2.75, 3.05) is 26.7 Å². The molecule has 1 aliphatic rings. The maximum Gasteiger partial charge on any atom is 0.303 e. The van der Waals surface area contributed by atoms with Gasteiger partial charge < -0.3 is 14.9 Å². The summed E-state index contributed by atoms with van der Waals surface area (Å²) >= 11 is 0. The number of benzene rings is 2. The number of fused-ring (bicyclic) bond motifs is 1. The molecule has 1 aliphatic heterocycles. The first-order valence-electron chi connectivity index (χ1n) is 12.2. The van der Waals surface area contributed by atoms with Crippen LogP contribution in [0.3, 0.4) is 0 Å². The molecule has 1 saturated heterocycles. The van der Waals surface area contributed by atoms with Gasteiger partial charge >= 0.3 is 5.97 Å². The molecule has 2 aromatic carbocycles. The Morgan fingerprint density at radius 3 is 2.78 bits per heavy atom. The third kappa shape index (κ3) is 6.60. The van der Waals surface area contributed by atoms with E-state index in [0.717, 1.165) is 41.4 Å². The Balaban J connectivity index is 1.38. The Kier molecular flexibility index (Phi) is 8.52.